The highest BCUT2D eigenvalue weighted by Gasteiger charge is 2.26. The molecule has 0 bridgehead atoms. The SMILES string of the molecule is CCC(C)(C)C(=O)NNC(=O)c1cc2c(s1)CCCCC2. The Morgan fingerprint density at radius 1 is 1.19 bits per heavy atom. The lowest BCUT2D eigenvalue weighted by Gasteiger charge is -2.21. The van der Waals surface area contributed by atoms with E-state index in [1.807, 2.05) is 26.8 Å². The Bertz CT molecular complexity index is 511. The van der Waals surface area contributed by atoms with Gasteiger partial charge in [0.05, 0.1) is 4.88 Å². The van der Waals surface area contributed by atoms with Crippen molar-refractivity contribution in [2.45, 2.75) is 59.3 Å². The first-order chi connectivity index (χ1) is 9.94. The van der Waals surface area contributed by atoms with Crippen LogP contribution in [0.5, 0.6) is 0 Å². The molecule has 2 N–H and O–H groups in total. The minimum Gasteiger partial charge on any atom is -0.273 e. The van der Waals surface area contributed by atoms with E-state index < -0.39 is 5.41 Å². The highest BCUT2D eigenvalue weighted by atomic mass is 32.1. The van der Waals surface area contributed by atoms with Crippen molar-refractivity contribution in [3.8, 4) is 0 Å². The van der Waals surface area contributed by atoms with Crippen LogP contribution in [-0.4, -0.2) is 11.8 Å². The Labute approximate surface area is 130 Å². The number of hydrogen-bond acceptors (Lipinski definition) is 3. The molecule has 0 aromatic carbocycles. The summed E-state index contributed by atoms with van der Waals surface area (Å²) in [5.41, 5.74) is 5.90. The van der Waals surface area contributed by atoms with E-state index in [9.17, 15) is 9.59 Å². The predicted octanol–water partition coefficient (Wildman–Crippen LogP) is 3.21. The Morgan fingerprint density at radius 3 is 2.62 bits per heavy atom. The van der Waals surface area contributed by atoms with E-state index in [0.717, 1.165) is 19.3 Å². The molecular formula is C16H24N2O2S. The molecule has 2 rings (SSSR count). The third kappa shape index (κ3) is 3.84. The van der Waals surface area contributed by atoms with E-state index in [1.54, 1.807) is 11.3 Å². The number of amides is 2. The fourth-order valence-corrected chi connectivity index (χ4v) is 3.43. The van der Waals surface area contributed by atoms with Gasteiger partial charge in [0.15, 0.2) is 0 Å². The molecular weight excluding hydrogens is 284 g/mol. The smallest absolute Gasteiger partial charge is 0.273 e. The quantitative estimate of drug-likeness (QED) is 0.665. The van der Waals surface area contributed by atoms with Crippen LogP contribution in [0.15, 0.2) is 6.07 Å². The van der Waals surface area contributed by atoms with Gasteiger partial charge in [0.2, 0.25) is 5.91 Å². The van der Waals surface area contributed by atoms with Crippen LogP contribution < -0.4 is 10.9 Å². The normalized spacial score (nSPS) is 15.0. The minimum absolute atomic E-state index is 0.156. The van der Waals surface area contributed by atoms with Crippen LogP contribution in [0.1, 0.15) is 66.6 Å². The zero-order chi connectivity index (χ0) is 15.5. The standard InChI is InChI=1S/C16H24N2O2S/c1-4-16(2,3)15(20)18-17-14(19)13-10-11-8-6-5-7-9-12(11)21-13/h10H,4-9H2,1-3H3,(H,17,19)(H,18,20). The molecule has 0 radical (unpaired) electrons. The molecule has 0 saturated carbocycles. The number of hydrogen-bond donors (Lipinski definition) is 2. The molecule has 5 heteroatoms. The van der Waals surface area contributed by atoms with Crippen LogP contribution in [0.25, 0.3) is 0 Å². The number of rotatable bonds is 3. The molecule has 0 unspecified atom stereocenters. The monoisotopic (exact) mass is 308 g/mol. The summed E-state index contributed by atoms with van der Waals surface area (Å²) in [6.07, 6.45) is 6.53. The Hall–Kier alpha value is -1.36. The maximum atomic E-state index is 12.2. The summed E-state index contributed by atoms with van der Waals surface area (Å²) in [5, 5.41) is 0. The van der Waals surface area contributed by atoms with Crippen molar-refractivity contribution in [3.63, 3.8) is 0 Å². The van der Waals surface area contributed by atoms with Gasteiger partial charge >= 0.3 is 0 Å². The van der Waals surface area contributed by atoms with Crippen molar-refractivity contribution in [1.82, 2.24) is 10.9 Å². The summed E-state index contributed by atoms with van der Waals surface area (Å²) in [7, 11) is 0. The number of nitrogens with one attached hydrogen (secondary N) is 2. The van der Waals surface area contributed by atoms with Gasteiger partial charge in [0.1, 0.15) is 0 Å². The molecule has 116 valence electrons. The van der Waals surface area contributed by atoms with Crippen molar-refractivity contribution in [2.24, 2.45) is 5.41 Å². The van der Waals surface area contributed by atoms with Gasteiger partial charge < -0.3 is 0 Å². The van der Waals surface area contributed by atoms with E-state index in [-0.39, 0.29) is 11.8 Å². The predicted molar refractivity (Wildman–Crippen MR) is 85.3 cm³/mol. The van der Waals surface area contributed by atoms with Gasteiger partial charge in [-0.2, -0.15) is 0 Å². The van der Waals surface area contributed by atoms with Crippen molar-refractivity contribution in [2.75, 3.05) is 0 Å². The maximum absolute atomic E-state index is 12.2. The van der Waals surface area contributed by atoms with E-state index in [1.165, 1.54) is 29.7 Å². The fourth-order valence-electron chi connectivity index (χ4n) is 2.28. The minimum atomic E-state index is -0.472. The first-order valence-corrected chi connectivity index (χ1v) is 8.48. The number of aryl methyl sites for hydroxylation is 2. The van der Waals surface area contributed by atoms with Gasteiger partial charge in [-0.15, -0.1) is 11.3 Å². The van der Waals surface area contributed by atoms with Gasteiger partial charge in [0.25, 0.3) is 5.91 Å². The highest BCUT2D eigenvalue weighted by molar-refractivity contribution is 7.14. The summed E-state index contributed by atoms with van der Waals surface area (Å²) in [4.78, 5) is 26.1. The van der Waals surface area contributed by atoms with Crippen molar-refractivity contribution in [3.05, 3.63) is 21.4 Å². The third-order valence-electron chi connectivity index (χ3n) is 4.26. The van der Waals surface area contributed by atoms with Crippen LogP contribution in [0.3, 0.4) is 0 Å². The van der Waals surface area contributed by atoms with Crippen molar-refractivity contribution < 1.29 is 9.59 Å². The van der Waals surface area contributed by atoms with Crippen LogP contribution in [0.2, 0.25) is 0 Å². The van der Waals surface area contributed by atoms with Gasteiger partial charge in [-0.3, -0.25) is 20.4 Å². The molecule has 0 aliphatic heterocycles. The van der Waals surface area contributed by atoms with Gasteiger partial charge in [-0.05, 0) is 43.7 Å². The molecule has 2 amide bonds. The fraction of sp³-hybridized carbons (Fsp3) is 0.625. The molecule has 0 saturated heterocycles. The Kier molecular flexibility index (Phi) is 5.04. The second kappa shape index (κ2) is 6.60. The maximum Gasteiger partial charge on any atom is 0.279 e. The van der Waals surface area contributed by atoms with Crippen LogP contribution in [-0.2, 0) is 17.6 Å². The number of carbonyl (C=O) groups is 2. The lowest BCUT2D eigenvalue weighted by atomic mass is 9.90. The van der Waals surface area contributed by atoms with Crippen molar-refractivity contribution >= 4 is 23.2 Å². The molecule has 21 heavy (non-hydrogen) atoms. The first kappa shape index (κ1) is 16.0. The number of hydrazine groups is 1. The topological polar surface area (TPSA) is 58.2 Å². The second-order valence-electron chi connectivity index (χ2n) is 6.27. The molecule has 0 atom stereocenters. The lowest BCUT2D eigenvalue weighted by Crippen LogP contribution is -2.47. The average Bonchev–Trinajstić information content (AvgIpc) is 2.75. The summed E-state index contributed by atoms with van der Waals surface area (Å²) >= 11 is 1.56. The van der Waals surface area contributed by atoms with Crippen LogP contribution >= 0.6 is 11.3 Å². The second-order valence-corrected chi connectivity index (χ2v) is 7.40. The molecule has 1 aromatic rings. The third-order valence-corrected chi connectivity index (χ3v) is 5.49. The average molecular weight is 308 g/mol. The van der Waals surface area contributed by atoms with Crippen molar-refractivity contribution in [1.29, 1.82) is 0 Å². The highest BCUT2D eigenvalue weighted by Crippen LogP contribution is 2.28. The summed E-state index contributed by atoms with van der Waals surface area (Å²) in [5.74, 6) is -0.371. The summed E-state index contributed by atoms with van der Waals surface area (Å²) < 4.78 is 0. The Balaban J connectivity index is 1.97. The van der Waals surface area contributed by atoms with E-state index in [0.29, 0.717) is 4.88 Å². The lowest BCUT2D eigenvalue weighted by molar-refractivity contribution is -0.130. The number of carbonyl (C=O) groups excluding carboxylic acids is 2. The molecule has 0 fully saturated rings. The summed E-state index contributed by atoms with van der Waals surface area (Å²) in [6, 6.07) is 1.98. The zero-order valence-corrected chi connectivity index (χ0v) is 13.9. The van der Waals surface area contributed by atoms with Gasteiger partial charge in [0, 0.05) is 10.3 Å². The van der Waals surface area contributed by atoms with E-state index >= 15 is 0 Å². The van der Waals surface area contributed by atoms with Gasteiger partial charge in [-0.1, -0.05) is 27.2 Å². The largest absolute Gasteiger partial charge is 0.279 e. The molecule has 1 aromatic heterocycles. The number of fused-ring (bicyclic) bond motifs is 1. The molecule has 1 aliphatic carbocycles. The molecule has 1 heterocycles. The first-order valence-electron chi connectivity index (χ1n) is 7.66. The molecule has 1 aliphatic rings. The van der Waals surface area contributed by atoms with E-state index in [2.05, 4.69) is 10.9 Å². The zero-order valence-electron chi connectivity index (χ0n) is 13.0. The van der Waals surface area contributed by atoms with Gasteiger partial charge in [-0.25, -0.2) is 0 Å². The summed E-state index contributed by atoms with van der Waals surface area (Å²) in [6.45, 7) is 5.68. The molecule has 4 nitrogen and oxygen atoms in total. The van der Waals surface area contributed by atoms with Crippen LogP contribution in [0.4, 0.5) is 0 Å². The molecule has 0 spiro atoms. The Morgan fingerprint density at radius 2 is 1.90 bits per heavy atom. The van der Waals surface area contributed by atoms with Crippen LogP contribution in [0, 0.1) is 5.41 Å². The van der Waals surface area contributed by atoms with E-state index in [4.69, 9.17) is 0 Å². The number of thiophene rings is 1.